The molecule has 0 amide bonds. The van der Waals surface area contributed by atoms with E-state index in [1.54, 1.807) is 6.07 Å². The molecule has 0 aliphatic rings. The zero-order valence-corrected chi connectivity index (χ0v) is 11.8. The zero-order chi connectivity index (χ0) is 13.1. The number of nitrogens with zero attached hydrogens (tertiary/aromatic N) is 4. The topological polar surface area (TPSA) is 54.5 Å². The highest BCUT2D eigenvalue weighted by molar-refractivity contribution is 9.08. The molecule has 0 saturated carbocycles. The second kappa shape index (κ2) is 5.32. The third-order valence-corrected chi connectivity index (χ3v) is 3.15. The van der Waals surface area contributed by atoms with Crippen molar-refractivity contribution in [3.63, 3.8) is 0 Å². The van der Waals surface area contributed by atoms with E-state index in [2.05, 4.69) is 50.6 Å². The van der Waals surface area contributed by atoms with Crippen molar-refractivity contribution in [3.8, 4) is 17.5 Å². The van der Waals surface area contributed by atoms with Crippen LogP contribution in [-0.4, -0.2) is 14.8 Å². The van der Waals surface area contributed by atoms with Gasteiger partial charge in [0.1, 0.15) is 5.82 Å². The van der Waals surface area contributed by atoms with Gasteiger partial charge in [0.2, 0.25) is 0 Å². The Hall–Kier alpha value is -1.67. The highest BCUT2D eigenvalue weighted by Crippen LogP contribution is 2.24. The monoisotopic (exact) mass is 304 g/mol. The van der Waals surface area contributed by atoms with E-state index in [9.17, 15) is 0 Å². The van der Waals surface area contributed by atoms with Crippen molar-refractivity contribution in [2.75, 3.05) is 0 Å². The molecule has 5 heteroatoms. The summed E-state index contributed by atoms with van der Waals surface area (Å²) >= 11 is 3.41. The lowest BCUT2D eigenvalue weighted by molar-refractivity contribution is 0.586. The summed E-state index contributed by atoms with van der Waals surface area (Å²) in [7, 11) is 0. The lowest BCUT2D eigenvalue weighted by Crippen LogP contribution is -2.06. The van der Waals surface area contributed by atoms with Gasteiger partial charge in [-0.05, 0) is 26.0 Å². The summed E-state index contributed by atoms with van der Waals surface area (Å²) in [5.41, 5.74) is 1.55. The van der Waals surface area contributed by atoms with Gasteiger partial charge in [0.15, 0.2) is 5.82 Å². The maximum absolute atomic E-state index is 8.94. The zero-order valence-electron chi connectivity index (χ0n) is 10.3. The van der Waals surface area contributed by atoms with Crippen molar-refractivity contribution in [3.05, 3.63) is 35.7 Å². The van der Waals surface area contributed by atoms with Crippen LogP contribution in [0.3, 0.4) is 0 Å². The van der Waals surface area contributed by atoms with Gasteiger partial charge in [-0.25, -0.2) is 0 Å². The van der Waals surface area contributed by atoms with Gasteiger partial charge in [0.05, 0.1) is 17.0 Å². The van der Waals surface area contributed by atoms with E-state index in [0.717, 1.165) is 17.2 Å². The summed E-state index contributed by atoms with van der Waals surface area (Å²) < 4.78 is 2.07. The molecule has 2 rings (SSSR count). The fourth-order valence-corrected chi connectivity index (χ4v) is 2.26. The molecular weight excluding hydrogens is 292 g/mol. The van der Waals surface area contributed by atoms with E-state index < -0.39 is 0 Å². The predicted octanol–water partition coefficient (Wildman–Crippen LogP) is 3.29. The number of aromatic nitrogens is 3. The van der Waals surface area contributed by atoms with Crippen LogP contribution in [0.2, 0.25) is 0 Å². The number of rotatable bonds is 3. The Balaban J connectivity index is 2.57. The quantitative estimate of drug-likeness (QED) is 0.818. The van der Waals surface area contributed by atoms with Crippen LogP contribution in [0.25, 0.3) is 11.4 Å². The minimum absolute atomic E-state index is 0.272. The Morgan fingerprint density at radius 1 is 1.39 bits per heavy atom. The van der Waals surface area contributed by atoms with Gasteiger partial charge in [0.25, 0.3) is 0 Å². The fourth-order valence-electron chi connectivity index (χ4n) is 1.88. The molecule has 0 bridgehead atoms. The maximum atomic E-state index is 8.94. The molecule has 1 aromatic carbocycles. The molecule has 92 valence electrons. The molecule has 0 aliphatic carbocycles. The molecule has 1 heterocycles. The molecule has 2 aromatic rings. The summed E-state index contributed by atoms with van der Waals surface area (Å²) in [6, 6.07) is 9.84. The number of benzene rings is 1. The van der Waals surface area contributed by atoms with E-state index in [-0.39, 0.29) is 6.04 Å². The molecule has 0 saturated heterocycles. The lowest BCUT2D eigenvalue weighted by Gasteiger charge is -2.13. The van der Waals surface area contributed by atoms with E-state index >= 15 is 0 Å². The number of hydrogen-bond acceptors (Lipinski definition) is 3. The van der Waals surface area contributed by atoms with Crippen molar-refractivity contribution in [2.24, 2.45) is 0 Å². The molecule has 0 atom stereocenters. The van der Waals surface area contributed by atoms with Crippen molar-refractivity contribution in [2.45, 2.75) is 25.2 Å². The smallest absolute Gasteiger partial charge is 0.164 e. The van der Waals surface area contributed by atoms with Gasteiger partial charge < -0.3 is 4.57 Å². The van der Waals surface area contributed by atoms with Gasteiger partial charge >= 0.3 is 0 Å². The summed E-state index contributed by atoms with van der Waals surface area (Å²) in [5, 5.41) is 18.0. The summed E-state index contributed by atoms with van der Waals surface area (Å²) in [6.45, 7) is 4.18. The van der Waals surface area contributed by atoms with Gasteiger partial charge in [-0.1, -0.05) is 28.1 Å². The molecule has 4 nitrogen and oxygen atoms in total. The predicted molar refractivity (Wildman–Crippen MR) is 73.2 cm³/mol. The third-order valence-electron chi connectivity index (χ3n) is 2.65. The second-order valence-electron chi connectivity index (χ2n) is 4.23. The first kappa shape index (κ1) is 12.8. The normalized spacial score (nSPS) is 10.6. The fraction of sp³-hybridized carbons (Fsp3) is 0.308. The average Bonchev–Trinajstić information content (AvgIpc) is 2.82. The molecule has 0 aliphatic heterocycles. The van der Waals surface area contributed by atoms with Crippen molar-refractivity contribution in [1.82, 2.24) is 14.8 Å². The Kier molecular flexibility index (Phi) is 3.78. The van der Waals surface area contributed by atoms with Crippen LogP contribution >= 0.6 is 15.9 Å². The second-order valence-corrected chi connectivity index (χ2v) is 4.79. The van der Waals surface area contributed by atoms with Crippen LogP contribution in [0.1, 0.15) is 31.3 Å². The molecular formula is C13H13BrN4. The highest BCUT2D eigenvalue weighted by Gasteiger charge is 2.15. The Morgan fingerprint density at radius 2 is 2.17 bits per heavy atom. The van der Waals surface area contributed by atoms with Crippen molar-refractivity contribution in [1.29, 1.82) is 5.26 Å². The largest absolute Gasteiger partial charge is 0.308 e. The van der Waals surface area contributed by atoms with Crippen LogP contribution < -0.4 is 0 Å². The van der Waals surface area contributed by atoms with Crippen molar-refractivity contribution >= 4 is 15.9 Å². The number of nitriles is 1. The van der Waals surface area contributed by atoms with Gasteiger partial charge in [0, 0.05) is 11.6 Å². The van der Waals surface area contributed by atoms with E-state index in [1.165, 1.54) is 0 Å². The van der Waals surface area contributed by atoms with Crippen LogP contribution in [0.5, 0.6) is 0 Å². The Morgan fingerprint density at radius 3 is 2.78 bits per heavy atom. The Labute approximate surface area is 114 Å². The minimum atomic E-state index is 0.272. The van der Waals surface area contributed by atoms with Gasteiger partial charge in [-0.3, -0.25) is 0 Å². The first-order valence-corrected chi connectivity index (χ1v) is 6.79. The average molecular weight is 305 g/mol. The summed E-state index contributed by atoms with van der Waals surface area (Å²) in [6.07, 6.45) is 0. The lowest BCUT2D eigenvalue weighted by atomic mass is 10.1. The first-order chi connectivity index (χ1) is 8.67. The SMILES string of the molecule is CC(C)n1c(CBr)nnc1-c1cccc(C#N)c1. The molecule has 0 fully saturated rings. The Bertz CT molecular complexity index is 595. The summed E-state index contributed by atoms with van der Waals surface area (Å²) in [5.74, 6) is 1.69. The minimum Gasteiger partial charge on any atom is -0.308 e. The number of hydrogen-bond donors (Lipinski definition) is 0. The molecule has 18 heavy (non-hydrogen) atoms. The van der Waals surface area contributed by atoms with E-state index in [0.29, 0.717) is 10.9 Å². The van der Waals surface area contributed by atoms with Crippen LogP contribution in [0.15, 0.2) is 24.3 Å². The molecule has 0 unspecified atom stereocenters. The van der Waals surface area contributed by atoms with Gasteiger partial charge in [-0.2, -0.15) is 5.26 Å². The van der Waals surface area contributed by atoms with Crippen LogP contribution in [-0.2, 0) is 5.33 Å². The summed E-state index contributed by atoms with van der Waals surface area (Å²) in [4.78, 5) is 0. The maximum Gasteiger partial charge on any atom is 0.164 e. The van der Waals surface area contributed by atoms with Crippen LogP contribution in [0, 0.1) is 11.3 Å². The van der Waals surface area contributed by atoms with E-state index in [4.69, 9.17) is 5.26 Å². The van der Waals surface area contributed by atoms with E-state index in [1.807, 2.05) is 18.2 Å². The molecule has 1 aromatic heterocycles. The molecule has 0 N–H and O–H groups in total. The first-order valence-electron chi connectivity index (χ1n) is 5.67. The third kappa shape index (κ3) is 2.29. The molecule has 0 radical (unpaired) electrons. The highest BCUT2D eigenvalue weighted by atomic mass is 79.9. The number of alkyl halides is 1. The number of halogens is 1. The van der Waals surface area contributed by atoms with Gasteiger partial charge in [-0.15, -0.1) is 10.2 Å². The van der Waals surface area contributed by atoms with Crippen molar-refractivity contribution < 1.29 is 0 Å². The molecule has 0 spiro atoms. The van der Waals surface area contributed by atoms with Crippen LogP contribution in [0.4, 0.5) is 0 Å². The standard InChI is InChI=1S/C13H13BrN4/c1-9(2)18-12(7-14)16-17-13(18)11-5-3-4-10(6-11)8-15/h3-6,9H,7H2,1-2H3.